The first-order valence-electron chi connectivity index (χ1n) is 10.3. The van der Waals surface area contributed by atoms with E-state index in [4.69, 9.17) is 4.74 Å². The molecule has 0 bridgehead atoms. The maximum Gasteiger partial charge on any atom is 0.318 e. The number of hydrogen-bond donors (Lipinski definition) is 0. The van der Waals surface area contributed by atoms with Crippen LogP contribution in [0.1, 0.15) is 17.5 Å². The van der Waals surface area contributed by atoms with Crippen molar-refractivity contribution in [2.75, 3.05) is 0 Å². The average Bonchev–Trinajstić information content (AvgIpc) is 2.79. The van der Waals surface area contributed by atoms with Crippen LogP contribution in [0, 0.1) is 11.8 Å². The number of rotatable bonds is 4. The molecule has 30 heavy (non-hydrogen) atoms. The Labute approximate surface area is 179 Å². The lowest BCUT2D eigenvalue weighted by molar-refractivity contribution is -0.156. The molecule has 1 aliphatic carbocycles. The van der Waals surface area contributed by atoms with Crippen LogP contribution in [0.4, 0.5) is 0 Å². The fourth-order valence-electron chi connectivity index (χ4n) is 5.01. The van der Waals surface area contributed by atoms with Gasteiger partial charge in [0.25, 0.3) is 0 Å². The minimum atomic E-state index is -0.415. The molecular weight excluding hydrogens is 392 g/mol. The molecular formula is C26H22O3S. The van der Waals surface area contributed by atoms with Gasteiger partial charge in [-0.15, -0.1) is 11.8 Å². The first-order valence-corrected chi connectivity index (χ1v) is 11.3. The summed E-state index contributed by atoms with van der Waals surface area (Å²) in [6.45, 7) is 0.265. The number of carbonyl (C=O) groups is 2. The van der Waals surface area contributed by atoms with Gasteiger partial charge in [0.15, 0.2) is 0 Å². The minimum Gasteiger partial charge on any atom is -0.395 e. The van der Waals surface area contributed by atoms with E-state index < -0.39 is 5.97 Å². The molecule has 0 spiro atoms. The molecule has 3 nitrogen and oxygen atoms in total. The summed E-state index contributed by atoms with van der Waals surface area (Å²) in [6.07, 6.45) is 8.66. The molecule has 0 saturated heterocycles. The van der Waals surface area contributed by atoms with Crippen molar-refractivity contribution in [3.8, 4) is 0 Å². The lowest BCUT2D eigenvalue weighted by atomic mass is 9.74. The third-order valence-corrected chi connectivity index (χ3v) is 7.49. The maximum atomic E-state index is 12.8. The standard InChI is InChI=1S/C26H22O3S/c27-16-29-26(28)25(24-7-3-4-14-30-24)19-9-8-18-11-12-21-20-6-2-1-5-17(20)10-13-22(21)23(18)15-19/h1-7,10-14,16,19,24-25H,8-9,15H2. The highest BCUT2D eigenvalue weighted by molar-refractivity contribution is 8.03. The van der Waals surface area contributed by atoms with Crippen LogP contribution in [0.3, 0.4) is 0 Å². The number of esters is 1. The summed E-state index contributed by atoms with van der Waals surface area (Å²) in [6, 6.07) is 17.3. The van der Waals surface area contributed by atoms with E-state index in [9.17, 15) is 9.59 Å². The highest BCUT2D eigenvalue weighted by Crippen LogP contribution is 2.41. The lowest BCUT2D eigenvalue weighted by Gasteiger charge is -2.34. The molecule has 0 radical (unpaired) electrons. The first kappa shape index (κ1) is 19.1. The molecule has 0 N–H and O–H groups in total. The fraction of sp³-hybridized carbons (Fsp3) is 0.231. The van der Waals surface area contributed by atoms with Gasteiger partial charge in [-0.1, -0.05) is 66.8 Å². The van der Waals surface area contributed by atoms with Gasteiger partial charge < -0.3 is 4.74 Å². The van der Waals surface area contributed by atoms with Crippen LogP contribution in [0.15, 0.2) is 72.2 Å². The molecule has 3 aromatic carbocycles. The zero-order valence-corrected chi connectivity index (χ0v) is 17.3. The highest BCUT2D eigenvalue weighted by Gasteiger charge is 2.38. The average molecular weight is 415 g/mol. The van der Waals surface area contributed by atoms with Crippen molar-refractivity contribution in [3.05, 3.63) is 83.3 Å². The van der Waals surface area contributed by atoms with Crippen molar-refractivity contribution in [1.29, 1.82) is 0 Å². The summed E-state index contributed by atoms with van der Waals surface area (Å²) in [7, 11) is 0. The third-order valence-electron chi connectivity index (χ3n) is 6.41. The van der Waals surface area contributed by atoms with Crippen LogP contribution in [-0.4, -0.2) is 17.7 Å². The Hall–Kier alpha value is -2.85. The summed E-state index contributed by atoms with van der Waals surface area (Å²) >= 11 is 1.62. The van der Waals surface area contributed by atoms with Crippen LogP contribution in [0.25, 0.3) is 21.5 Å². The van der Waals surface area contributed by atoms with E-state index in [2.05, 4.69) is 48.5 Å². The number of carbonyl (C=O) groups excluding carboxylic acids is 2. The van der Waals surface area contributed by atoms with Gasteiger partial charge in [-0.3, -0.25) is 9.59 Å². The van der Waals surface area contributed by atoms with E-state index in [1.807, 2.05) is 23.6 Å². The van der Waals surface area contributed by atoms with Crippen molar-refractivity contribution in [3.63, 3.8) is 0 Å². The molecule has 3 unspecified atom stereocenters. The molecule has 0 aromatic heterocycles. The van der Waals surface area contributed by atoms with Gasteiger partial charge in [-0.25, -0.2) is 0 Å². The molecule has 2 aliphatic rings. The number of hydrogen-bond acceptors (Lipinski definition) is 4. The summed E-state index contributed by atoms with van der Waals surface area (Å²) in [5, 5.41) is 7.02. The van der Waals surface area contributed by atoms with Gasteiger partial charge in [0.2, 0.25) is 0 Å². The van der Waals surface area contributed by atoms with E-state index >= 15 is 0 Å². The molecule has 5 rings (SSSR count). The largest absolute Gasteiger partial charge is 0.395 e. The Morgan fingerprint density at radius 2 is 1.90 bits per heavy atom. The summed E-state index contributed by atoms with van der Waals surface area (Å²) < 4.78 is 4.85. The van der Waals surface area contributed by atoms with E-state index in [0.29, 0.717) is 0 Å². The Bertz CT molecular complexity index is 1190. The molecule has 3 aromatic rings. The van der Waals surface area contributed by atoms with Crippen LogP contribution >= 0.6 is 11.8 Å². The zero-order chi connectivity index (χ0) is 20.5. The highest BCUT2D eigenvalue weighted by atomic mass is 32.2. The smallest absolute Gasteiger partial charge is 0.318 e. The van der Waals surface area contributed by atoms with Crippen LogP contribution < -0.4 is 0 Å². The third kappa shape index (κ3) is 3.35. The molecule has 4 heteroatoms. The minimum absolute atomic E-state index is 0.00944. The topological polar surface area (TPSA) is 43.4 Å². The number of ether oxygens (including phenoxy) is 1. The zero-order valence-electron chi connectivity index (χ0n) is 16.5. The van der Waals surface area contributed by atoms with Gasteiger partial charge >= 0.3 is 12.4 Å². The summed E-state index contributed by atoms with van der Waals surface area (Å²) in [5.41, 5.74) is 2.70. The van der Waals surface area contributed by atoms with Crippen molar-refractivity contribution < 1.29 is 14.3 Å². The Balaban J connectivity index is 1.56. The van der Waals surface area contributed by atoms with Crippen LogP contribution in [0.2, 0.25) is 0 Å². The normalized spacial score (nSPS) is 21.3. The molecule has 0 saturated carbocycles. The van der Waals surface area contributed by atoms with Crippen molar-refractivity contribution >= 4 is 45.7 Å². The van der Waals surface area contributed by atoms with E-state index in [1.54, 1.807) is 11.8 Å². The Morgan fingerprint density at radius 3 is 2.73 bits per heavy atom. The summed E-state index contributed by atoms with van der Waals surface area (Å²) in [5.74, 6) is -0.623. The van der Waals surface area contributed by atoms with Gasteiger partial charge in [0.1, 0.15) is 0 Å². The Morgan fingerprint density at radius 1 is 1.03 bits per heavy atom. The quantitative estimate of drug-likeness (QED) is 0.241. The Kier molecular flexibility index (Phi) is 5.17. The second kappa shape index (κ2) is 8.11. The van der Waals surface area contributed by atoms with Gasteiger partial charge in [0.05, 0.1) is 5.92 Å². The second-order valence-corrected chi connectivity index (χ2v) is 9.05. The molecule has 1 heterocycles. The van der Waals surface area contributed by atoms with Gasteiger partial charge in [-0.05, 0) is 63.3 Å². The number of thioether (sulfide) groups is 1. The monoisotopic (exact) mass is 414 g/mol. The fourth-order valence-corrected chi connectivity index (χ4v) is 6.06. The number of fused-ring (bicyclic) bond motifs is 5. The van der Waals surface area contributed by atoms with E-state index in [-0.39, 0.29) is 23.6 Å². The maximum absolute atomic E-state index is 12.8. The van der Waals surface area contributed by atoms with Crippen molar-refractivity contribution in [2.45, 2.75) is 24.5 Å². The number of aryl methyl sites for hydroxylation is 1. The molecule has 1 aliphatic heterocycles. The second-order valence-electron chi connectivity index (χ2n) is 7.96. The van der Waals surface area contributed by atoms with E-state index in [0.717, 1.165) is 19.3 Å². The summed E-state index contributed by atoms with van der Waals surface area (Å²) in [4.78, 5) is 23.7. The molecule has 150 valence electrons. The number of benzene rings is 3. The van der Waals surface area contributed by atoms with Crippen molar-refractivity contribution in [2.24, 2.45) is 11.8 Å². The van der Waals surface area contributed by atoms with Crippen LogP contribution in [0.5, 0.6) is 0 Å². The SMILES string of the molecule is O=COC(=O)C(C1CCc2ccc3c(ccc4ccccc43)c2C1)C1C=CC=CS1. The molecule has 3 atom stereocenters. The van der Waals surface area contributed by atoms with E-state index in [1.165, 1.54) is 32.7 Å². The predicted molar refractivity (Wildman–Crippen MR) is 122 cm³/mol. The molecule has 0 amide bonds. The van der Waals surface area contributed by atoms with Crippen LogP contribution in [-0.2, 0) is 27.2 Å². The first-order chi connectivity index (χ1) is 14.8. The van der Waals surface area contributed by atoms with Gasteiger partial charge in [-0.2, -0.15) is 0 Å². The van der Waals surface area contributed by atoms with Crippen molar-refractivity contribution in [1.82, 2.24) is 0 Å². The number of allylic oxidation sites excluding steroid dienone is 2. The lowest BCUT2D eigenvalue weighted by Crippen LogP contribution is -2.36. The predicted octanol–water partition coefficient (Wildman–Crippen LogP) is 5.60. The van der Waals surface area contributed by atoms with Gasteiger partial charge in [0, 0.05) is 5.25 Å². The molecule has 0 fully saturated rings.